The molecular weight excluding hydrogens is 118 g/mol. The van der Waals surface area contributed by atoms with E-state index in [0.29, 0.717) is 6.67 Å². The summed E-state index contributed by atoms with van der Waals surface area (Å²) in [6.45, 7) is 1.57. The van der Waals surface area contributed by atoms with Crippen LogP contribution in [-0.4, -0.2) is 44.2 Å². The van der Waals surface area contributed by atoms with Crippen LogP contribution >= 0.6 is 0 Å². The van der Waals surface area contributed by atoms with Gasteiger partial charge >= 0.3 is 0 Å². The topological polar surface area (TPSA) is 47.5 Å². The first-order chi connectivity index (χ1) is 4.31. The Kier molecular flexibility index (Phi) is 5.86. The summed E-state index contributed by atoms with van der Waals surface area (Å²) in [4.78, 5) is 2.01. The van der Waals surface area contributed by atoms with Crippen LogP contribution in [0.4, 0.5) is 0 Å². The van der Waals surface area contributed by atoms with E-state index >= 15 is 0 Å². The van der Waals surface area contributed by atoms with Gasteiger partial charge in [-0.3, -0.25) is 10.2 Å². The highest BCUT2D eigenvalue weighted by atomic mass is 16.3. The van der Waals surface area contributed by atoms with Gasteiger partial charge in [0.05, 0.1) is 13.4 Å². The van der Waals surface area contributed by atoms with E-state index in [4.69, 9.17) is 5.11 Å². The first kappa shape index (κ1) is 8.84. The van der Waals surface area contributed by atoms with Crippen LogP contribution in [0.1, 0.15) is 0 Å². The Hall–Kier alpha value is -0.160. The lowest BCUT2D eigenvalue weighted by Gasteiger charge is -2.14. The molecule has 3 N–H and O–H groups in total. The highest BCUT2D eigenvalue weighted by Crippen LogP contribution is 1.70. The standard InChI is InChI=1S/C5H15N3O/c1-6-3-8(2)4-7-5-9/h6-7,9H,3-5H2,1-2H3. The summed E-state index contributed by atoms with van der Waals surface area (Å²) in [6.07, 6.45) is 0. The zero-order chi connectivity index (χ0) is 7.11. The molecule has 0 amide bonds. The van der Waals surface area contributed by atoms with E-state index < -0.39 is 0 Å². The summed E-state index contributed by atoms with van der Waals surface area (Å²) in [7, 11) is 3.84. The molecule has 0 heterocycles. The quantitative estimate of drug-likeness (QED) is 0.403. The summed E-state index contributed by atoms with van der Waals surface area (Å²) >= 11 is 0. The van der Waals surface area contributed by atoms with E-state index in [1.165, 1.54) is 0 Å². The molecule has 9 heavy (non-hydrogen) atoms. The van der Waals surface area contributed by atoms with Crippen molar-refractivity contribution >= 4 is 0 Å². The molecule has 0 radical (unpaired) electrons. The lowest BCUT2D eigenvalue weighted by Crippen LogP contribution is -2.36. The van der Waals surface area contributed by atoms with Gasteiger partial charge in [0, 0.05) is 6.67 Å². The molecule has 0 bridgehead atoms. The predicted octanol–water partition coefficient (Wildman–Crippen LogP) is -1.41. The average molecular weight is 133 g/mol. The van der Waals surface area contributed by atoms with Gasteiger partial charge in [0.2, 0.25) is 0 Å². The molecule has 0 aliphatic rings. The monoisotopic (exact) mass is 133 g/mol. The van der Waals surface area contributed by atoms with Gasteiger partial charge in [0.25, 0.3) is 0 Å². The number of aliphatic hydroxyl groups is 1. The van der Waals surface area contributed by atoms with E-state index in [2.05, 4.69) is 10.6 Å². The van der Waals surface area contributed by atoms with Crippen LogP contribution in [0.5, 0.6) is 0 Å². The fourth-order valence-electron chi connectivity index (χ4n) is 0.567. The third kappa shape index (κ3) is 5.72. The molecule has 0 atom stereocenters. The first-order valence-electron chi connectivity index (χ1n) is 2.96. The van der Waals surface area contributed by atoms with Crippen molar-refractivity contribution in [2.24, 2.45) is 0 Å². The fourth-order valence-corrected chi connectivity index (χ4v) is 0.567. The van der Waals surface area contributed by atoms with Gasteiger partial charge in [-0.1, -0.05) is 0 Å². The minimum atomic E-state index is 0.0358. The molecule has 0 aliphatic carbocycles. The van der Waals surface area contributed by atoms with Gasteiger partial charge in [0.15, 0.2) is 0 Å². The Morgan fingerprint density at radius 2 is 2.11 bits per heavy atom. The third-order valence-electron chi connectivity index (χ3n) is 0.922. The molecule has 0 aromatic carbocycles. The maximum Gasteiger partial charge on any atom is 0.0941 e. The van der Waals surface area contributed by atoms with Gasteiger partial charge in [0.1, 0.15) is 0 Å². The number of hydrogen-bond acceptors (Lipinski definition) is 4. The lowest BCUT2D eigenvalue weighted by atomic mass is 10.8. The Balaban J connectivity index is 2.95. The number of hydrogen-bond donors (Lipinski definition) is 3. The van der Waals surface area contributed by atoms with Crippen LogP contribution in [0.25, 0.3) is 0 Å². The zero-order valence-electron chi connectivity index (χ0n) is 6.02. The summed E-state index contributed by atoms with van der Waals surface area (Å²) < 4.78 is 0. The molecule has 0 saturated heterocycles. The molecule has 0 saturated carbocycles. The second-order valence-electron chi connectivity index (χ2n) is 1.93. The number of nitrogens with one attached hydrogen (secondary N) is 2. The molecule has 0 fully saturated rings. The summed E-state index contributed by atoms with van der Waals surface area (Å²) in [5.41, 5.74) is 0. The van der Waals surface area contributed by atoms with E-state index in [0.717, 1.165) is 6.67 Å². The second kappa shape index (κ2) is 5.97. The number of rotatable bonds is 5. The highest BCUT2D eigenvalue weighted by molar-refractivity contribution is 4.41. The van der Waals surface area contributed by atoms with Gasteiger partial charge in [-0.15, -0.1) is 0 Å². The van der Waals surface area contributed by atoms with Crippen molar-refractivity contribution in [1.29, 1.82) is 0 Å². The maximum atomic E-state index is 8.33. The molecule has 56 valence electrons. The van der Waals surface area contributed by atoms with Crippen molar-refractivity contribution in [2.75, 3.05) is 34.2 Å². The van der Waals surface area contributed by atoms with Crippen molar-refractivity contribution < 1.29 is 5.11 Å². The summed E-state index contributed by atoms with van der Waals surface area (Å²) in [5.74, 6) is 0. The smallest absolute Gasteiger partial charge is 0.0941 e. The minimum Gasteiger partial charge on any atom is -0.381 e. The second-order valence-corrected chi connectivity index (χ2v) is 1.93. The van der Waals surface area contributed by atoms with E-state index in [1.54, 1.807) is 0 Å². The average Bonchev–Trinajstić information content (AvgIpc) is 1.85. The minimum absolute atomic E-state index is 0.0358. The fraction of sp³-hybridized carbons (Fsp3) is 1.00. The SMILES string of the molecule is CNCN(C)CNCO. The predicted molar refractivity (Wildman–Crippen MR) is 36.8 cm³/mol. The van der Waals surface area contributed by atoms with Crippen molar-refractivity contribution in [3.63, 3.8) is 0 Å². The first-order valence-corrected chi connectivity index (χ1v) is 2.96. The normalized spacial score (nSPS) is 10.7. The Labute approximate surface area is 55.9 Å². The zero-order valence-corrected chi connectivity index (χ0v) is 6.02. The van der Waals surface area contributed by atoms with Gasteiger partial charge in [-0.2, -0.15) is 0 Å². The molecule has 4 nitrogen and oxygen atoms in total. The van der Waals surface area contributed by atoms with Crippen molar-refractivity contribution in [2.45, 2.75) is 0 Å². The largest absolute Gasteiger partial charge is 0.381 e. The Morgan fingerprint density at radius 3 is 2.56 bits per heavy atom. The molecule has 0 aromatic rings. The summed E-state index contributed by atoms with van der Waals surface area (Å²) in [6, 6.07) is 0. The van der Waals surface area contributed by atoms with Crippen LogP contribution in [-0.2, 0) is 0 Å². The van der Waals surface area contributed by atoms with Gasteiger partial charge in [-0.05, 0) is 14.1 Å². The van der Waals surface area contributed by atoms with Crippen LogP contribution in [0, 0.1) is 0 Å². The number of nitrogens with zero attached hydrogens (tertiary/aromatic N) is 1. The third-order valence-corrected chi connectivity index (χ3v) is 0.922. The van der Waals surface area contributed by atoms with Gasteiger partial charge < -0.3 is 10.4 Å². The number of aliphatic hydroxyl groups excluding tert-OH is 1. The van der Waals surface area contributed by atoms with Crippen LogP contribution in [0.3, 0.4) is 0 Å². The van der Waals surface area contributed by atoms with Crippen molar-refractivity contribution in [3.8, 4) is 0 Å². The molecular formula is C5H15N3O. The van der Waals surface area contributed by atoms with Crippen LogP contribution in [0.2, 0.25) is 0 Å². The highest BCUT2D eigenvalue weighted by Gasteiger charge is 1.90. The van der Waals surface area contributed by atoms with Crippen LogP contribution in [0.15, 0.2) is 0 Å². The lowest BCUT2D eigenvalue weighted by molar-refractivity contribution is 0.209. The molecule has 0 spiro atoms. The molecule has 0 aromatic heterocycles. The molecule has 4 heteroatoms. The summed E-state index contributed by atoms with van der Waals surface area (Å²) in [5, 5.41) is 14.1. The van der Waals surface area contributed by atoms with E-state index in [1.807, 2.05) is 19.0 Å². The molecule has 0 aliphatic heterocycles. The van der Waals surface area contributed by atoms with Crippen molar-refractivity contribution in [1.82, 2.24) is 15.5 Å². The van der Waals surface area contributed by atoms with E-state index in [-0.39, 0.29) is 6.73 Å². The van der Waals surface area contributed by atoms with E-state index in [9.17, 15) is 0 Å². The maximum absolute atomic E-state index is 8.33. The van der Waals surface area contributed by atoms with Crippen LogP contribution < -0.4 is 10.6 Å². The van der Waals surface area contributed by atoms with Crippen molar-refractivity contribution in [3.05, 3.63) is 0 Å². The molecule has 0 unspecified atom stereocenters. The van der Waals surface area contributed by atoms with Gasteiger partial charge in [-0.25, -0.2) is 0 Å². The molecule has 0 rings (SSSR count). The Bertz CT molecular complexity index is 60.2. The Morgan fingerprint density at radius 1 is 1.44 bits per heavy atom.